The predicted molar refractivity (Wildman–Crippen MR) is 109 cm³/mol. The number of hydrogen-bond acceptors (Lipinski definition) is 6. The highest BCUT2D eigenvalue weighted by Gasteiger charge is 2.20. The van der Waals surface area contributed by atoms with Crippen molar-refractivity contribution in [3.8, 4) is 17.2 Å². The number of primary amides is 1. The molecule has 0 aliphatic carbocycles. The molecule has 9 nitrogen and oxygen atoms in total. The summed E-state index contributed by atoms with van der Waals surface area (Å²) in [5.74, 6) is -1.62. The number of nitro benzene ring substituents is 1. The third kappa shape index (κ3) is 4.93. The highest BCUT2D eigenvalue weighted by Crippen LogP contribution is 2.30. The molecule has 10 heteroatoms. The molecular weight excluding hydrogens is 409 g/mol. The lowest BCUT2D eigenvalue weighted by atomic mass is 10.1. The fourth-order valence-corrected chi connectivity index (χ4v) is 2.66. The van der Waals surface area contributed by atoms with Gasteiger partial charge in [-0.1, -0.05) is 0 Å². The van der Waals surface area contributed by atoms with Gasteiger partial charge in [-0.25, -0.2) is 4.39 Å². The lowest BCUT2D eigenvalue weighted by Gasteiger charge is -2.12. The van der Waals surface area contributed by atoms with Crippen molar-refractivity contribution in [2.45, 2.75) is 0 Å². The van der Waals surface area contributed by atoms with Gasteiger partial charge >= 0.3 is 0 Å². The van der Waals surface area contributed by atoms with Crippen molar-refractivity contribution in [3.05, 3.63) is 87.7 Å². The topological polar surface area (TPSA) is 134 Å². The van der Waals surface area contributed by atoms with E-state index in [0.717, 1.165) is 18.2 Å². The van der Waals surface area contributed by atoms with Crippen LogP contribution in [-0.4, -0.2) is 23.8 Å². The predicted octanol–water partition coefficient (Wildman–Crippen LogP) is 3.89. The first-order chi connectivity index (χ1) is 14.8. The van der Waals surface area contributed by atoms with Gasteiger partial charge in [-0.05, 0) is 48.5 Å². The lowest BCUT2D eigenvalue weighted by Crippen LogP contribution is -2.16. The van der Waals surface area contributed by atoms with Gasteiger partial charge < -0.3 is 20.5 Å². The number of halogens is 1. The lowest BCUT2D eigenvalue weighted by molar-refractivity contribution is -0.384. The van der Waals surface area contributed by atoms with Gasteiger partial charge in [0, 0.05) is 17.8 Å². The van der Waals surface area contributed by atoms with Gasteiger partial charge in [0.1, 0.15) is 23.1 Å². The minimum Gasteiger partial charge on any atom is -0.497 e. The van der Waals surface area contributed by atoms with E-state index in [1.165, 1.54) is 25.3 Å². The number of nitro groups is 1. The second-order valence-corrected chi connectivity index (χ2v) is 6.23. The Morgan fingerprint density at radius 1 is 1.00 bits per heavy atom. The quantitative estimate of drug-likeness (QED) is 0.436. The second-order valence-electron chi connectivity index (χ2n) is 6.23. The van der Waals surface area contributed by atoms with Crippen molar-refractivity contribution < 1.29 is 28.4 Å². The number of ether oxygens (including phenoxy) is 2. The van der Waals surface area contributed by atoms with Crippen molar-refractivity contribution in [3.63, 3.8) is 0 Å². The molecule has 3 rings (SSSR count). The number of methoxy groups -OCH3 is 1. The largest absolute Gasteiger partial charge is 0.497 e. The van der Waals surface area contributed by atoms with Gasteiger partial charge in [-0.3, -0.25) is 19.7 Å². The molecule has 3 N–H and O–H groups in total. The summed E-state index contributed by atoms with van der Waals surface area (Å²) in [4.78, 5) is 34.6. The van der Waals surface area contributed by atoms with Gasteiger partial charge in [0.05, 0.1) is 23.2 Å². The van der Waals surface area contributed by atoms with Crippen LogP contribution in [0.1, 0.15) is 20.7 Å². The van der Waals surface area contributed by atoms with E-state index in [-0.39, 0.29) is 22.7 Å². The first-order valence-corrected chi connectivity index (χ1v) is 8.79. The molecule has 0 fully saturated rings. The van der Waals surface area contributed by atoms with Gasteiger partial charge in [-0.2, -0.15) is 0 Å². The molecule has 0 atom stereocenters. The Morgan fingerprint density at radius 2 is 1.68 bits per heavy atom. The summed E-state index contributed by atoms with van der Waals surface area (Å²) in [7, 11) is 1.51. The summed E-state index contributed by atoms with van der Waals surface area (Å²) < 4.78 is 24.4. The van der Waals surface area contributed by atoms with Crippen molar-refractivity contribution in [2.75, 3.05) is 12.4 Å². The highest BCUT2D eigenvalue weighted by molar-refractivity contribution is 6.07. The maximum Gasteiger partial charge on any atom is 0.270 e. The molecule has 0 radical (unpaired) electrons. The number of benzene rings is 3. The average molecular weight is 425 g/mol. The van der Waals surface area contributed by atoms with E-state index >= 15 is 0 Å². The molecule has 0 unspecified atom stereocenters. The summed E-state index contributed by atoms with van der Waals surface area (Å²) in [5, 5.41) is 13.6. The van der Waals surface area contributed by atoms with Crippen LogP contribution in [0.5, 0.6) is 17.2 Å². The Kier molecular flexibility index (Phi) is 6.10. The number of nitrogens with zero attached hydrogens (tertiary/aromatic N) is 1. The number of carbonyl (C=O) groups is 2. The number of amides is 2. The molecule has 0 aromatic heterocycles. The smallest absolute Gasteiger partial charge is 0.270 e. The number of non-ortho nitro benzene ring substituents is 1. The molecular formula is C21H16FN3O6. The molecule has 3 aromatic rings. The Bertz CT molecular complexity index is 1160. The fraction of sp³-hybridized carbons (Fsp3) is 0.0476. The number of carbonyl (C=O) groups excluding carboxylic acids is 2. The number of anilines is 1. The van der Waals surface area contributed by atoms with Crippen LogP contribution in [0, 0.1) is 15.9 Å². The molecule has 0 bridgehead atoms. The third-order valence-corrected chi connectivity index (χ3v) is 4.20. The zero-order valence-corrected chi connectivity index (χ0v) is 16.1. The van der Waals surface area contributed by atoms with Crippen LogP contribution in [0.3, 0.4) is 0 Å². The van der Waals surface area contributed by atoms with E-state index < -0.39 is 28.1 Å². The van der Waals surface area contributed by atoms with Crippen LogP contribution in [0.25, 0.3) is 0 Å². The number of hydrogen-bond donors (Lipinski definition) is 2. The molecule has 158 valence electrons. The van der Waals surface area contributed by atoms with Gasteiger partial charge in [0.2, 0.25) is 0 Å². The molecule has 2 amide bonds. The van der Waals surface area contributed by atoms with E-state index in [9.17, 15) is 24.1 Å². The van der Waals surface area contributed by atoms with Crippen molar-refractivity contribution in [1.82, 2.24) is 0 Å². The van der Waals surface area contributed by atoms with Crippen molar-refractivity contribution >= 4 is 23.2 Å². The summed E-state index contributed by atoms with van der Waals surface area (Å²) >= 11 is 0. The van der Waals surface area contributed by atoms with E-state index in [0.29, 0.717) is 11.5 Å². The zero-order chi connectivity index (χ0) is 22.5. The van der Waals surface area contributed by atoms with E-state index in [2.05, 4.69) is 5.32 Å². The van der Waals surface area contributed by atoms with Gasteiger partial charge in [0.25, 0.3) is 17.5 Å². The van der Waals surface area contributed by atoms with E-state index in [1.807, 2.05) is 0 Å². The molecule has 0 aliphatic rings. The summed E-state index contributed by atoms with van der Waals surface area (Å²) in [5.41, 5.74) is 4.30. The van der Waals surface area contributed by atoms with Crippen LogP contribution in [-0.2, 0) is 0 Å². The van der Waals surface area contributed by atoms with Gasteiger partial charge in [0.15, 0.2) is 0 Å². The molecule has 0 saturated carbocycles. The van der Waals surface area contributed by atoms with E-state index in [4.69, 9.17) is 15.2 Å². The summed E-state index contributed by atoms with van der Waals surface area (Å²) in [6, 6.07) is 13.3. The molecule has 0 saturated heterocycles. The summed E-state index contributed by atoms with van der Waals surface area (Å²) in [6.07, 6.45) is 0. The molecule has 31 heavy (non-hydrogen) atoms. The van der Waals surface area contributed by atoms with Crippen molar-refractivity contribution in [2.24, 2.45) is 5.73 Å². The summed E-state index contributed by atoms with van der Waals surface area (Å²) in [6.45, 7) is 0. The van der Waals surface area contributed by atoms with E-state index in [1.54, 1.807) is 24.3 Å². The monoisotopic (exact) mass is 425 g/mol. The first kappa shape index (κ1) is 21.2. The highest BCUT2D eigenvalue weighted by atomic mass is 19.1. The Morgan fingerprint density at radius 3 is 2.29 bits per heavy atom. The average Bonchev–Trinajstić information content (AvgIpc) is 2.75. The minimum absolute atomic E-state index is 0.0468. The SMILES string of the molecule is COc1ccc(Oc2ccc([N+](=O)[O-])cc2C(=O)Nc2ccc(F)c(C(N)=O)c2)cc1. The standard InChI is InChI=1S/C21H16FN3O6/c1-30-14-4-6-15(7-5-14)31-19-9-3-13(25(28)29)11-17(19)21(27)24-12-2-8-18(22)16(10-12)20(23)26/h2-11H,1H3,(H2,23,26)(H,24,27). The number of nitrogens with two attached hydrogens (primary N) is 1. The first-order valence-electron chi connectivity index (χ1n) is 8.79. The second kappa shape index (κ2) is 8.91. The van der Waals surface area contributed by atoms with Crippen LogP contribution >= 0.6 is 0 Å². The maximum absolute atomic E-state index is 13.7. The van der Waals surface area contributed by atoms with Crippen LogP contribution < -0.4 is 20.5 Å². The fourth-order valence-electron chi connectivity index (χ4n) is 2.66. The van der Waals surface area contributed by atoms with Crippen LogP contribution in [0.15, 0.2) is 60.7 Å². The molecule has 0 aliphatic heterocycles. The van der Waals surface area contributed by atoms with Crippen LogP contribution in [0.4, 0.5) is 15.8 Å². The zero-order valence-electron chi connectivity index (χ0n) is 16.1. The van der Waals surface area contributed by atoms with Crippen LogP contribution in [0.2, 0.25) is 0 Å². The van der Waals surface area contributed by atoms with Gasteiger partial charge in [-0.15, -0.1) is 0 Å². The maximum atomic E-state index is 13.7. The Balaban J connectivity index is 1.94. The molecule has 3 aromatic carbocycles. The number of nitrogens with one attached hydrogen (secondary N) is 1. The number of rotatable bonds is 7. The van der Waals surface area contributed by atoms with Crippen molar-refractivity contribution in [1.29, 1.82) is 0 Å². The normalized spacial score (nSPS) is 10.3. The minimum atomic E-state index is -1.01. The molecule has 0 spiro atoms. The molecule has 0 heterocycles. The Hall–Kier alpha value is -4.47. The third-order valence-electron chi connectivity index (χ3n) is 4.20. The Labute approximate surface area is 175 Å².